The molecule has 2 atom stereocenters. The van der Waals surface area contributed by atoms with E-state index in [0.29, 0.717) is 5.57 Å². The number of aromatic nitrogens is 1. The van der Waals surface area contributed by atoms with Gasteiger partial charge in [-0.2, -0.15) is 15.8 Å². The molecule has 112 valence electrons. The first-order chi connectivity index (χ1) is 11.2. The molecule has 2 aliphatic carbocycles. The lowest BCUT2D eigenvalue weighted by atomic mass is 9.57. The van der Waals surface area contributed by atoms with E-state index in [4.69, 9.17) is 5.73 Å². The minimum Gasteiger partial charge on any atom is -0.399 e. The molecule has 0 amide bonds. The first-order valence-electron chi connectivity index (χ1n) is 7.52. The van der Waals surface area contributed by atoms with Crippen molar-refractivity contribution in [3.63, 3.8) is 0 Å². The van der Waals surface area contributed by atoms with Crippen molar-refractivity contribution in [3.8, 4) is 18.2 Å². The summed E-state index contributed by atoms with van der Waals surface area (Å²) in [4.78, 5) is 4.14. The fourth-order valence-corrected chi connectivity index (χ4v) is 3.81. The molecule has 0 radical (unpaired) electrons. The van der Waals surface area contributed by atoms with Gasteiger partial charge in [-0.3, -0.25) is 4.98 Å². The third kappa shape index (κ3) is 2.00. The number of hydrogen-bond acceptors (Lipinski definition) is 5. The van der Waals surface area contributed by atoms with Crippen LogP contribution in [0.3, 0.4) is 0 Å². The summed E-state index contributed by atoms with van der Waals surface area (Å²) in [5.74, 6) is -0.468. The minimum absolute atomic E-state index is 0.0609. The topological polar surface area (TPSA) is 110 Å². The van der Waals surface area contributed by atoms with Gasteiger partial charge in [-0.1, -0.05) is 12.1 Å². The smallest absolute Gasteiger partial charge is 0.191 e. The summed E-state index contributed by atoms with van der Waals surface area (Å²) in [6.45, 7) is 0. The van der Waals surface area contributed by atoms with E-state index in [2.05, 4.69) is 23.2 Å². The van der Waals surface area contributed by atoms with Crippen LogP contribution in [-0.2, 0) is 0 Å². The predicted molar refractivity (Wildman–Crippen MR) is 82.9 cm³/mol. The Morgan fingerprint density at radius 2 is 2.04 bits per heavy atom. The normalized spacial score (nSPS) is 25.3. The summed E-state index contributed by atoms with van der Waals surface area (Å²) in [6.07, 6.45) is 8.05. The second-order valence-electron chi connectivity index (χ2n) is 5.89. The molecule has 0 aromatic carbocycles. The van der Waals surface area contributed by atoms with Gasteiger partial charge in [-0.05, 0) is 42.4 Å². The molecular formula is C18H15N5. The van der Waals surface area contributed by atoms with Gasteiger partial charge in [-0.15, -0.1) is 0 Å². The molecule has 0 fully saturated rings. The van der Waals surface area contributed by atoms with Crippen molar-refractivity contribution in [1.29, 1.82) is 15.8 Å². The van der Waals surface area contributed by atoms with Crippen LogP contribution in [0, 0.1) is 45.3 Å². The number of fused-ring (bicyclic) bond motifs is 1. The van der Waals surface area contributed by atoms with E-state index >= 15 is 0 Å². The highest BCUT2D eigenvalue weighted by Crippen LogP contribution is 2.55. The summed E-state index contributed by atoms with van der Waals surface area (Å²) < 4.78 is 0. The SMILES string of the molecule is N#CC1=C(N)C(C#N)(C#N)[C@@H](c2cccnc2)[C@H]2CCCC=C12. The number of nitrogens with zero attached hydrogens (tertiary/aromatic N) is 4. The molecule has 1 heterocycles. The maximum Gasteiger partial charge on any atom is 0.191 e. The van der Waals surface area contributed by atoms with Gasteiger partial charge in [0.1, 0.15) is 6.07 Å². The van der Waals surface area contributed by atoms with Gasteiger partial charge in [0.25, 0.3) is 0 Å². The Hall–Kier alpha value is -3.10. The molecular weight excluding hydrogens is 286 g/mol. The van der Waals surface area contributed by atoms with Crippen LogP contribution in [0.2, 0.25) is 0 Å². The van der Waals surface area contributed by atoms with E-state index in [1.165, 1.54) is 0 Å². The molecule has 2 N–H and O–H groups in total. The fraction of sp³-hybridized carbons (Fsp3) is 0.333. The monoisotopic (exact) mass is 301 g/mol. The highest BCUT2D eigenvalue weighted by atomic mass is 14.7. The van der Waals surface area contributed by atoms with Crippen molar-refractivity contribution >= 4 is 0 Å². The van der Waals surface area contributed by atoms with Crippen LogP contribution in [0.1, 0.15) is 30.7 Å². The molecule has 1 aromatic heterocycles. The van der Waals surface area contributed by atoms with Crippen molar-refractivity contribution in [2.24, 2.45) is 17.1 Å². The molecule has 0 spiro atoms. The number of pyridine rings is 1. The summed E-state index contributed by atoms with van der Waals surface area (Å²) in [7, 11) is 0. The summed E-state index contributed by atoms with van der Waals surface area (Å²) in [5.41, 5.74) is 6.71. The van der Waals surface area contributed by atoms with Crippen molar-refractivity contribution in [1.82, 2.24) is 4.98 Å². The largest absolute Gasteiger partial charge is 0.399 e. The molecule has 0 unspecified atom stereocenters. The molecule has 2 aliphatic rings. The van der Waals surface area contributed by atoms with Crippen molar-refractivity contribution < 1.29 is 0 Å². The van der Waals surface area contributed by atoms with Crippen LogP contribution in [-0.4, -0.2) is 4.98 Å². The third-order valence-electron chi connectivity index (χ3n) is 4.84. The minimum atomic E-state index is -1.53. The number of allylic oxidation sites excluding steroid dienone is 4. The molecule has 0 aliphatic heterocycles. The Morgan fingerprint density at radius 1 is 1.26 bits per heavy atom. The quantitative estimate of drug-likeness (QED) is 0.857. The second-order valence-corrected chi connectivity index (χ2v) is 5.89. The first-order valence-corrected chi connectivity index (χ1v) is 7.52. The van der Waals surface area contributed by atoms with Gasteiger partial charge in [-0.25, -0.2) is 0 Å². The Balaban J connectivity index is 2.33. The van der Waals surface area contributed by atoms with E-state index in [9.17, 15) is 15.8 Å². The predicted octanol–water partition coefficient (Wildman–Crippen LogP) is 2.68. The Kier molecular flexibility index (Phi) is 3.61. The van der Waals surface area contributed by atoms with Gasteiger partial charge in [0, 0.05) is 18.3 Å². The van der Waals surface area contributed by atoms with Crippen molar-refractivity contribution in [3.05, 3.63) is 53.0 Å². The van der Waals surface area contributed by atoms with Gasteiger partial charge in [0.2, 0.25) is 0 Å². The second kappa shape index (κ2) is 5.59. The zero-order chi connectivity index (χ0) is 16.4. The Morgan fingerprint density at radius 3 is 2.65 bits per heavy atom. The summed E-state index contributed by atoms with van der Waals surface area (Å²) in [6, 6.07) is 10.0. The van der Waals surface area contributed by atoms with Crippen LogP contribution in [0.25, 0.3) is 0 Å². The highest BCUT2D eigenvalue weighted by Gasteiger charge is 2.53. The lowest BCUT2D eigenvalue weighted by molar-refractivity contribution is 0.317. The number of rotatable bonds is 1. The average molecular weight is 301 g/mol. The van der Waals surface area contributed by atoms with E-state index in [0.717, 1.165) is 30.4 Å². The summed E-state index contributed by atoms with van der Waals surface area (Å²) in [5, 5.41) is 29.1. The third-order valence-corrected chi connectivity index (χ3v) is 4.84. The van der Waals surface area contributed by atoms with Crippen LogP contribution >= 0.6 is 0 Å². The maximum atomic E-state index is 9.81. The maximum absolute atomic E-state index is 9.81. The molecule has 1 aromatic rings. The van der Waals surface area contributed by atoms with Gasteiger partial charge < -0.3 is 5.73 Å². The van der Waals surface area contributed by atoms with E-state index in [1.54, 1.807) is 18.5 Å². The molecule has 0 saturated heterocycles. The van der Waals surface area contributed by atoms with Gasteiger partial charge in [0.15, 0.2) is 5.41 Å². The van der Waals surface area contributed by atoms with Crippen LogP contribution in [0.5, 0.6) is 0 Å². The molecule has 23 heavy (non-hydrogen) atoms. The lowest BCUT2D eigenvalue weighted by Crippen LogP contribution is -2.42. The van der Waals surface area contributed by atoms with Crippen LogP contribution in [0.15, 0.2) is 47.4 Å². The number of nitriles is 3. The molecule has 3 rings (SSSR count). The fourth-order valence-electron chi connectivity index (χ4n) is 3.81. The zero-order valence-corrected chi connectivity index (χ0v) is 12.5. The van der Waals surface area contributed by atoms with Crippen LogP contribution in [0.4, 0.5) is 0 Å². The Labute approximate surface area is 135 Å². The summed E-state index contributed by atoms with van der Waals surface area (Å²) >= 11 is 0. The van der Waals surface area contributed by atoms with E-state index < -0.39 is 11.3 Å². The molecule has 5 nitrogen and oxygen atoms in total. The Bertz CT molecular complexity index is 800. The lowest BCUT2D eigenvalue weighted by Gasteiger charge is -2.43. The van der Waals surface area contributed by atoms with Crippen molar-refractivity contribution in [2.75, 3.05) is 0 Å². The zero-order valence-electron chi connectivity index (χ0n) is 12.5. The molecule has 5 heteroatoms. The highest BCUT2D eigenvalue weighted by molar-refractivity contribution is 5.58. The van der Waals surface area contributed by atoms with Gasteiger partial charge >= 0.3 is 0 Å². The van der Waals surface area contributed by atoms with E-state index in [1.807, 2.05) is 12.1 Å². The number of hydrogen-bond donors (Lipinski definition) is 1. The molecule has 0 bridgehead atoms. The first kappa shape index (κ1) is 14.8. The standard InChI is InChI=1S/C18H15N5/c19-8-15-13-5-1-2-6-14(13)16(12-4-3-7-23-9-12)18(10-20,11-21)17(15)22/h3-5,7,9,14,16H,1-2,6,22H2/t14-,16-/m0/s1. The van der Waals surface area contributed by atoms with Crippen molar-refractivity contribution in [2.45, 2.75) is 25.2 Å². The van der Waals surface area contributed by atoms with E-state index in [-0.39, 0.29) is 11.6 Å². The average Bonchev–Trinajstić information content (AvgIpc) is 2.61. The number of nitrogens with two attached hydrogens (primary N) is 1. The van der Waals surface area contributed by atoms with Gasteiger partial charge in [0.05, 0.1) is 23.4 Å². The molecule has 0 saturated carbocycles. The van der Waals surface area contributed by atoms with Crippen LogP contribution < -0.4 is 5.73 Å².